The lowest BCUT2D eigenvalue weighted by atomic mass is 10.1. The van der Waals surface area contributed by atoms with Crippen LogP contribution in [0.5, 0.6) is 0 Å². The van der Waals surface area contributed by atoms with E-state index in [4.69, 9.17) is 4.42 Å². The van der Waals surface area contributed by atoms with Crippen molar-refractivity contribution in [1.29, 1.82) is 0 Å². The van der Waals surface area contributed by atoms with Gasteiger partial charge in [-0.05, 0) is 38.3 Å². The average Bonchev–Trinajstić information content (AvgIpc) is 3.08. The van der Waals surface area contributed by atoms with Gasteiger partial charge in [0.1, 0.15) is 12.6 Å². The van der Waals surface area contributed by atoms with Gasteiger partial charge in [-0.15, -0.1) is 10.2 Å². The molecule has 5 nitrogen and oxygen atoms in total. The summed E-state index contributed by atoms with van der Waals surface area (Å²) in [5.74, 6) is 1.42. The molecule has 0 atom stereocenters. The molecule has 4 rings (SSSR count). The minimum atomic E-state index is 0.593. The van der Waals surface area contributed by atoms with Crippen molar-refractivity contribution < 1.29 is 4.42 Å². The van der Waals surface area contributed by atoms with Crippen molar-refractivity contribution in [3.63, 3.8) is 0 Å². The Morgan fingerprint density at radius 3 is 2.96 bits per heavy atom. The lowest BCUT2D eigenvalue weighted by Crippen LogP contribution is -1.94. The number of aryl methyl sites for hydroxylation is 2. The first kappa shape index (κ1) is 14.5. The molecule has 23 heavy (non-hydrogen) atoms. The summed E-state index contributed by atoms with van der Waals surface area (Å²) in [6.07, 6.45) is 6.02. The fourth-order valence-electron chi connectivity index (χ4n) is 2.63. The van der Waals surface area contributed by atoms with Crippen LogP contribution >= 0.6 is 11.8 Å². The quantitative estimate of drug-likeness (QED) is 0.658. The Bertz CT molecular complexity index is 835. The molecule has 0 aliphatic heterocycles. The maximum absolute atomic E-state index is 5.66. The van der Waals surface area contributed by atoms with Gasteiger partial charge in [-0.1, -0.05) is 29.5 Å². The van der Waals surface area contributed by atoms with Crippen LogP contribution in [0.4, 0.5) is 0 Å². The second-order valence-electron chi connectivity index (χ2n) is 6.00. The van der Waals surface area contributed by atoms with E-state index in [9.17, 15) is 0 Å². The van der Waals surface area contributed by atoms with Crippen LogP contribution in [0.3, 0.4) is 0 Å². The second-order valence-corrected chi connectivity index (χ2v) is 6.95. The highest BCUT2D eigenvalue weighted by Gasteiger charge is 2.26. The summed E-state index contributed by atoms with van der Waals surface area (Å²) >= 11 is 1.66. The number of benzene rings is 1. The number of hydrogen-bond donors (Lipinski definition) is 0. The van der Waals surface area contributed by atoms with Crippen LogP contribution in [0, 0.1) is 13.8 Å². The van der Waals surface area contributed by atoms with Gasteiger partial charge in [0.2, 0.25) is 5.89 Å². The molecule has 1 fully saturated rings. The largest absolute Gasteiger partial charge is 0.444 e. The zero-order valence-electron chi connectivity index (χ0n) is 13.2. The number of oxazole rings is 1. The van der Waals surface area contributed by atoms with E-state index in [1.807, 2.05) is 6.33 Å². The number of rotatable bonds is 5. The predicted molar refractivity (Wildman–Crippen MR) is 89.3 cm³/mol. The van der Waals surface area contributed by atoms with E-state index in [1.54, 1.807) is 18.0 Å². The molecule has 0 bridgehead atoms. The average molecular weight is 326 g/mol. The van der Waals surface area contributed by atoms with Gasteiger partial charge in [0.25, 0.3) is 0 Å². The molecular formula is C17H18N4OS. The van der Waals surface area contributed by atoms with E-state index in [0.29, 0.717) is 11.9 Å². The molecule has 118 valence electrons. The molecule has 3 aromatic rings. The summed E-state index contributed by atoms with van der Waals surface area (Å²) in [7, 11) is 0. The van der Waals surface area contributed by atoms with Crippen molar-refractivity contribution in [3.8, 4) is 11.5 Å². The Balaban J connectivity index is 1.48. The smallest absolute Gasteiger partial charge is 0.226 e. The summed E-state index contributed by atoms with van der Waals surface area (Å²) in [4.78, 5) is 4.62. The molecule has 0 radical (unpaired) electrons. The Morgan fingerprint density at radius 2 is 2.17 bits per heavy atom. The summed E-state index contributed by atoms with van der Waals surface area (Å²) in [5, 5.41) is 9.18. The molecule has 0 unspecified atom stereocenters. The van der Waals surface area contributed by atoms with Crippen molar-refractivity contribution in [1.82, 2.24) is 19.7 Å². The molecule has 0 spiro atoms. The molecule has 1 aromatic carbocycles. The van der Waals surface area contributed by atoms with E-state index in [2.05, 4.69) is 51.8 Å². The first-order valence-electron chi connectivity index (χ1n) is 7.75. The van der Waals surface area contributed by atoms with E-state index < -0.39 is 0 Å². The highest BCUT2D eigenvalue weighted by molar-refractivity contribution is 7.98. The molecular weight excluding hydrogens is 308 g/mol. The van der Waals surface area contributed by atoms with Gasteiger partial charge in [0.15, 0.2) is 5.16 Å². The van der Waals surface area contributed by atoms with Crippen molar-refractivity contribution in [2.45, 2.75) is 43.6 Å². The number of thioether (sulfide) groups is 1. The van der Waals surface area contributed by atoms with Crippen LogP contribution in [0.1, 0.15) is 35.7 Å². The van der Waals surface area contributed by atoms with Crippen molar-refractivity contribution in [2.75, 3.05) is 0 Å². The molecule has 0 N–H and O–H groups in total. The van der Waals surface area contributed by atoms with Gasteiger partial charge in [0, 0.05) is 17.4 Å². The molecule has 6 heteroatoms. The van der Waals surface area contributed by atoms with Crippen LogP contribution in [0.15, 0.2) is 40.4 Å². The SMILES string of the molecule is Cc1ccc(-c2nc(CSc3nncn3C3CC3)co2)c(C)c1. The lowest BCUT2D eigenvalue weighted by molar-refractivity contribution is 0.573. The topological polar surface area (TPSA) is 56.7 Å². The number of nitrogens with zero attached hydrogens (tertiary/aromatic N) is 4. The number of aromatic nitrogens is 4. The minimum Gasteiger partial charge on any atom is -0.444 e. The molecule has 2 heterocycles. The van der Waals surface area contributed by atoms with Crippen LogP contribution in [0.2, 0.25) is 0 Å². The first-order valence-corrected chi connectivity index (χ1v) is 8.73. The predicted octanol–water partition coefficient (Wildman–Crippen LogP) is 4.18. The minimum absolute atomic E-state index is 0.593. The van der Waals surface area contributed by atoms with E-state index in [0.717, 1.165) is 22.2 Å². The summed E-state index contributed by atoms with van der Waals surface area (Å²) < 4.78 is 7.83. The molecule has 0 saturated heterocycles. The molecule has 1 aliphatic rings. The third-order valence-electron chi connectivity index (χ3n) is 3.99. The van der Waals surface area contributed by atoms with Gasteiger partial charge in [-0.2, -0.15) is 0 Å². The summed E-state index contributed by atoms with van der Waals surface area (Å²) in [6.45, 7) is 4.17. The Labute approximate surface area is 139 Å². The third-order valence-corrected chi connectivity index (χ3v) is 4.98. The number of hydrogen-bond acceptors (Lipinski definition) is 5. The summed E-state index contributed by atoms with van der Waals surface area (Å²) in [6, 6.07) is 6.89. The highest BCUT2D eigenvalue weighted by atomic mass is 32.2. The summed E-state index contributed by atoms with van der Waals surface area (Å²) in [5.41, 5.74) is 4.40. The second kappa shape index (κ2) is 5.85. The van der Waals surface area contributed by atoms with E-state index >= 15 is 0 Å². The zero-order chi connectivity index (χ0) is 15.8. The Hall–Kier alpha value is -2.08. The van der Waals surface area contributed by atoms with Crippen LogP contribution in [0.25, 0.3) is 11.5 Å². The van der Waals surface area contributed by atoms with E-state index in [1.165, 1.54) is 24.0 Å². The van der Waals surface area contributed by atoms with Crippen LogP contribution in [-0.4, -0.2) is 19.7 Å². The maximum atomic E-state index is 5.66. The fraction of sp³-hybridized carbons (Fsp3) is 0.353. The van der Waals surface area contributed by atoms with E-state index in [-0.39, 0.29) is 0 Å². The van der Waals surface area contributed by atoms with Crippen LogP contribution < -0.4 is 0 Å². The monoisotopic (exact) mass is 326 g/mol. The normalized spacial score (nSPS) is 14.3. The maximum Gasteiger partial charge on any atom is 0.226 e. The van der Waals surface area contributed by atoms with Crippen molar-refractivity contribution in [3.05, 3.63) is 47.6 Å². The first-order chi connectivity index (χ1) is 11.2. The zero-order valence-corrected chi connectivity index (χ0v) is 14.0. The third kappa shape index (κ3) is 3.03. The molecule has 1 saturated carbocycles. The molecule has 1 aliphatic carbocycles. The Morgan fingerprint density at radius 1 is 1.30 bits per heavy atom. The fourth-order valence-corrected chi connectivity index (χ4v) is 3.49. The standard InChI is InChI=1S/C17H18N4OS/c1-11-3-6-15(12(2)7-11)16-19-13(8-22-16)9-23-17-20-18-10-21(17)14-4-5-14/h3,6-8,10,14H,4-5,9H2,1-2H3. The molecule has 2 aromatic heterocycles. The van der Waals surface area contributed by atoms with Crippen molar-refractivity contribution >= 4 is 11.8 Å². The van der Waals surface area contributed by atoms with Crippen molar-refractivity contribution in [2.24, 2.45) is 0 Å². The van der Waals surface area contributed by atoms with Crippen LogP contribution in [-0.2, 0) is 5.75 Å². The highest BCUT2D eigenvalue weighted by Crippen LogP contribution is 2.37. The van der Waals surface area contributed by atoms with Gasteiger partial charge in [-0.25, -0.2) is 4.98 Å². The lowest BCUT2D eigenvalue weighted by Gasteiger charge is -2.02. The van der Waals surface area contributed by atoms with Gasteiger partial charge >= 0.3 is 0 Å². The van der Waals surface area contributed by atoms with Gasteiger partial charge in [0.05, 0.1) is 5.69 Å². The molecule has 0 amide bonds. The van der Waals surface area contributed by atoms with Gasteiger partial charge < -0.3 is 8.98 Å². The van der Waals surface area contributed by atoms with Gasteiger partial charge in [-0.3, -0.25) is 0 Å². The Kier molecular flexibility index (Phi) is 3.69.